The summed E-state index contributed by atoms with van der Waals surface area (Å²) in [6, 6.07) is 60.6. The third-order valence-electron chi connectivity index (χ3n) is 9.81. The van der Waals surface area contributed by atoms with Gasteiger partial charge >= 0.3 is 0 Å². The van der Waals surface area contributed by atoms with E-state index in [9.17, 15) is 0 Å². The van der Waals surface area contributed by atoms with Crippen molar-refractivity contribution in [1.82, 2.24) is 14.5 Å². The lowest BCUT2D eigenvalue weighted by atomic mass is 9.98. The first-order valence-electron chi connectivity index (χ1n) is 16.7. The highest BCUT2D eigenvalue weighted by Gasteiger charge is 2.16. The maximum atomic E-state index is 5.26. The van der Waals surface area contributed by atoms with Gasteiger partial charge in [-0.3, -0.25) is 4.98 Å². The van der Waals surface area contributed by atoms with Gasteiger partial charge in [0.05, 0.1) is 34.0 Å². The largest absolute Gasteiger partial charge is 0.309 e. The second-order valence-electron chi connectivity index (χ2n) is 12.6. The van der Waals surface area contributed by atoms with Crippen molar-refractivity contribution in [1.29, 1.82) is 0 Å². The van der Waals surface area contributed by atoms with Crippen LogP contribution in [0.1, 0.15) is 0 Å². The van der Waals surface area contributed by atoms with Crippen LogP contribution in [0.2, 0.25) is 0 Å². The number of hydrogen-bond acceptors (Lipinski definition) is 2. The molecule has 0 aliphatic carbocycles. The molecule has 2 heterocycles. The maximum Gasteiger partial charge on any atom is 0.0979 e. The molecule has 228 valence electrons. The molecule has 0 saturated carbocycles. The van der Waals surface area contributed by atoms with Crippen LogP contribution in [-0.2, 0) is 0 Å². The van der Waals surface area contributed by atoms with E-state index in [-0.39, 0.29) is 0 Å². The van der Waals surface area contributed by atoms with Crippen molar-refractivity contribution in [3.8, 4) is 39.2 Å². The highest BCUT2D eigenvalue weighted by Crippen LogP contribution is 2.38. The minimum Gasteiger partial charge on any atom is -0.309 e. The lowest BCUT2D eigenvalue weighted by Crippen LogP contribution is -1.93. The summed E-state index contributed by atoms with van der Waals surface area (Å²) in [4.78, 5) is 10.3. The molecule has 0 atom stereocenters. The van der Waals surface area contributed by atoms with Gasteiger partial charge in [0.25, 0.3) is 0 Å². The Morgan fingerprint density at radius 3 is 1.53 bits per heavy atom. The Morgan fingerprint density at radius 2 is 0.857 bits per heavy atom. The maximum absolute atomic E-state index is 5.26. The number of benzene rings is 8. The molecule has 0 aliphatic rings. The van der Waals surface area contributed by atoms with Crippen molar-refractivity contribution in [3.63, 3.8) is 0 Å². The highest BCUT2D eigenvalue weighted by atomic mass is 15.0. The van der Waals surface area contributed by atoms with Crippen LogP contribution in [0, 0.1) is 0 Å². The van der Waals surface area contributed by atoms with E-state index in [2.05, 4.69) is 174 Å². The molecule has 0 saturated heterocycles. The van der Waals surface area contributed by atoms with Gasteiger partial charge in [-0.1, -0.05) is 127 Å². The number of hydrogen-bond donors (Lipinski definition) is 0. The van der Waals surface area contributed by atoms with Crippen molar-refractivity contribution < 1.29 is 0 Å². The van der Waals surface area contributed by atoms with Crippen LogP contribution in [0.5, 0.6) is 0 Å². The first-order valence-corrected chi connectivity index (χ1v) is 16.7. The van der Waals surface area contributed by atoms with E-state index in [1.165, 1.54) is 43.7 Å². The highest BCUT2D eigenvalue weighted by molar-refractivity contribution is 6.23. The molecular weight excluding hydrogens is 595 g/mol. The fourth-order valence-electron chi connectivity index (χ4n) is 7.49. The second kappa shape index (κ2) is 11.0. The van der Waals surface area contributed by atoms with E-state index in [1.807, 2.05) is 6.20 Å². The topological polar surface area (TPSA) is 30.7 Å². The Hall–Kier alpha value is -6.58. The van der Waals surface area contributed by atoms with Crippen LogP contribution >= 0.6 is 0 Å². The number of fused-ring (bicyclic) bond motifs is 9. The summed E-state index contributed by atoms with van der Waals surface area (Å²) < 4.78 is 2.37. The van der Waals surface area contributed by atoms with Crippen LogP contribution in [-0.4, -0.2) is 14.5 Å². The molecule has 10 aromatic rings. The Kier molecular flexibility index (Phi) is 6.18. The lowest BCUT2D eigenvalue weighted by Gasteiger charge is -2.11. The van der Waals surface area contributed by atoms with Gasteiger partial charge in [-0.2, -0.15) is 0 Å². The summed E-state index contributed by atoms with van der Waals surface area (Å²) in [6.07, 6.45) is 1.92. The van der Waals surface area contributed by atoms with Crippen molar-refractivity contribution in [2.24, 2.45) is 0 Å². The first-order chi connectivity index (χ1) is 24.3. The molecule has 3 nitrogen and oxygen atoms in total. The smallest absolute Gasteiger partial charge is 0.0979 e. The summed E-state index contributed by atoms with van der Waals surface area (Å²) >= 11 is 0. The van der Waals surface area contributed by atoms with Crippen molar-refractivity contribution in [3.05, 3.63) is 176 Å². The fourth-order valence-corrected chi connectivity index (χ4v) is 7.49. The Bertz CT molecular complexity index is 2830. The standard InChI is InChI=1S/C46H29N3/c1-3-12-30(13-4-1)32-22-24-43-40(27-32)41-28-33(23-25-44(41)49(43)35-16-5-2-6-17-35)31-14-11-15-34(26-31)42-29-47-45-38-20-9-7-18-36(38)37-19-8-10-21-39(37)46(45)48-42/h1-29H. The Morgan fingerprint density at radius 1 is 0.347 bits per heavy atom. The molecule has 2 aromatic heterocycles. The van der Waals surface area contributed by atoms with Gasteiger partial charge in [-0.15, -0.1) is 0 Å². The van der Waals surface area contributed by atoms with E-state index < -0.39 is 0 Å². The van der Waals surface area contributed by atoms with Crippen molar-refractivity contribution in [2.45, 2.75) is 0 Å². The number of rotatable bonds is 4. The molecule has 49 heavy (non-hydrogen) atoms. The zero-order chi connectivity index (χ0) is 32.3. The molecule has 10 rings (SSSR count). The third-order valence-corrected chi connectivity index (χ3v) is 9.81. The predicted octanol–water partition coefficient (Wildman–Crippen LogP) is 12.0. The van der Waals surface area contributed by atoms with E-state index in [0.29, 0.717) is 0 Å². The molecule has 0 fully saturated rings. The molecule has 0 unspecified atom stereocenters. The number of nitrogens with zero attached hydrogens (tertiary/aromatic N) is 3. The van der Waals surface area contributed by atoms with Gasteiger partial charge in [-0.05, 0) is 75.5 Å². The zero-order valence-electron chi connectivity index (χ0n) is 26.6. The molecular formula is C46H29N3. The molecule has 8 aromatic carbocycles. The molecule has 0 aliphatic heterocycles. The van der Waals surface area contributed by atoms with Gasteiger partial charge < -0.3 is 4.57 Å². The monoisotopic (exact) mass is 623 g/mol. The lowest BCUT2D eigenvalue weighted by molar-refractivity contribution is 1.18. The molecule has 0 radical (unpaired) electrons. The summed E-state index contributed by atoms with van der Waals surface area (Å²) in [5.41, 5.74) is 12.0. The van der Waals surface area contributed by atoms with Crippen LogP contribution in [0.25, 0.3) is 93.6 Å². The summed E-state index contributed by atoms with van der Waals surface area (Å²) in [5, 5.41) is 7.11. The third kappa shape index (κ3) is 4.44. The molecule has 0 bridgehead atoms. The van der Waals surface area contributed by atoms with Crippen LogP contribution < -0.4 is 0 Å². The summed E-state index contributed by atoms with van der Waals surface area (Å²) in [6.45, 7) is 0. The van der Waals surface area contributed by atoms with E-state index >= 15 is 0 Å². The van der Waals surface area contributed by atoms with E-state index in [1.54, 1.807) is 0 Å². The normalized spacial score (nSPS) is 11.7. The molecule has 0 N–H and O–H groups in total. The fraction of sp³-hybridized carbons (Fsp3) is 0. The number of aromatic nitrogens is 3. The van der Waals surface area contributed by atoms with Gasteiger partial charge in [0.15, 0.2) is 0 Å². The minimum atomic E-state index is 0.865. The summed E-state index contributed by atoms with van der Waals surface area (Å²) in [5.74, 6) is 0. The van der Waals surface area contributed by atoms with Crippen molar-refractivity contribution >= 4 is 54.4 Å². The molecule has 3 heteroatoms. The van der Waals surface area contributed by atoms with Gasteiger partial charge in [0.1, 0.15) is 0 Å². The Labute approximate surface area is 283 Å². The second-order valence-corrected chi connectivity index (χ2v) is 12.6. The molecule has 0 amide bonds. The van der Waals surface area contributed by atoms with Crippen LogP contribution in [0.4, 0.5) is 0 Å². The van der Waals surface area contributed by atoms with Gasteiger partial charge in [0, 0.05) is 32.8 Å². The van der Waals surface area contributed by atoms with E-state index in [0.717, 1.165) is 49.9 Å². The van der Waals surface area contributed by atoms with E-state index in [4.69, 9.17) is 9.97 Å². The van der Waals surface area contributed by atoms with Crippen LogP contribution in [0.3, 0.4) is 0 Å². The van der Waals surface area contributed by atoms with Gasteiger partial charge in [-0.25, -0.2) is 4.98 Å². The zero-order valence-corrected chi connectivity index (χ0v) is 26.6. The Balaban J connectivity index is 1.14. The average Bonchev–Trinajstić information content (AvgIpc) is 3.51. The number of para-hydroxylation sites is 1. The molecule has 0 spiro atoms. The first kappa shape index (κ1) is 27.5. The summed E-state index contributed by atoms with van der Waals surface area (Å²) in [7, 11) is 0. The average molecular weight is 624 g/mol. The SMILES string of the molecule is c1ccc(-c2ccc3c(c2)c2cc(-c4cccc(-c5cnc6c7ccccc7c7ccccc7c6n5)c4)ccc2n3-c2ccccc2)cc1. The quantitative estimate of drug-likeness (QED) is 0.183. The minimum absolute atomic E-state index is 0.865. The van der Waals surface area contributed by atoms with Gasteiger partial charge in [0.2, 0.25) is 0 Å². The van der Waals surface area contributed by atoms with Crippen molar-refractivity contribution in [2.75, 3.05) is 0 Å². The predicted molar refractivity (Wildman–Crippen MR) is 205 cm³/mol. The van der Waals surface area contributed by atoms with Crippen LogP contribution in [0.15, 0.2) is 176 Å².